The smallest absolute Gasteiger partial charge is 0.233 e. The number of nitrogens with one attached hydrogen (secondary N) is 1. The van der Waals surface area contributed by atoms with Crippen molar-refractivity contribution in [1.29, 1.82) is 0 Å². The molecule has 0 spiro atoms. The molecule has 1 aliphatic heterocycles. The lowest BCUT2D eigenvalue weighted by molar-refractivity contribution is -0.121. The maximum Gasteiger partial charge on any atom is 0.233 e. The molecule has 0 aromatic carbocycles. The summed E-state index contributed by atoms with van der Waals surface area (Å²) < 4.78 is 1.94. The number of hydrogen-bond donors (Lipinski definition) is 1. The number of carbonyl (C=O) groups is 1. The summed E-state index contributed by atoms with van der Waals surface area (Å²) in [7, 11) is 1.94. The van der Waals surface area contributed by atoms with Gasteiger partial charge in [0.25, 0.3) is 0 Å². The van der Waals surface area contributed by atoms with Gasteiger partial charge >= 0.3 is 0 Å². The van der Waals surface area contributed by atoms with Gasteiger partial charge in [-0.15, -0.1) is 0 Å². The average Bonchev–Trinajstić information content (AvgIpc) is 2.56. The first-order chi connectivity index (χ1) is 6.77. The average molecular weight is 211 g/mol. The van der Waals surface area contributed by atoms with Gasteiger partial charge in [-0.2, -0.15) is 0 Å². The molecule has 14 heavy (non-hydrogen) atoms. The fraction of sp³-hybridized carbons (Fsp3) is 0.556. The van der Waals surface area contributed by atoms with Gasteiger partial charge in [-0.3, -0.25) is 4.79 Å². The highest BCUT2D eigenvalue weighted by molar-refractivity contribution is 8.00. The number of amides is 1. The minimum atomic E-state index is 0.0323. The molecule has 5 heteroatoms. The quantitative estimate of drug-likeness (QED) is 0.786. The summed E-state index contributed by atoms with van der Waals surface area (Å²) in [5, 5.41) is 3.81. The van der Waals surface area contributed by atoms with Gasteiger partial charge in [0.05, 0.1) is 5.25 Å². The van der Waals surface area contributed by atoms with E-state index in [1.165, 1.54) is 0 Å². The zero-order valence-electron chi connectivity index (χ0n) is 8.06. The lowest BCUT2D eigenvalue weighted by atomic mass is 10.1. The van der Waals surface area contributed by atoms with E-state index in [2.05, 4.69) is 10.3 Å². The molecule has 0 saturated carbocycles. The molecule has 1 fully saturated rings. The Balaban J connectivity index is 2.03. The molecule has 0 radical (unpaired) electrons. The highest BCUT2D eigenvalue weighted by atomic mass is 32.2. The van der Waals surface area contributed by atoms with Crippen LogP contribution in [0.4, 0.5) is 0 Å². The SMILES string of the molecule is Cn1ccnc1SC1CCCNC1=O. The second-order valence-electron chi connectivity index (χ2n) is 3.36. The van der Waals surface area contributed by atoms with Crippen molar-refractivity contribution in [2.45, 2.75) is 23.2 Å². The Morgan fingerprint density at radius 1 is 1.71 bits per heavy atom. The zero-order valence-corrected chi connectivity index (χ0v) is 8.88. The van der Waals surface area contributed by atoms with Crippen molar-refractivity contribution in [2.75, 3.05) is 6.54 Å². The minimum absolute atomic E-state index is 0.0323. The summed E-state index contributed by atoms with van der Waals surface area (Å²) in [4.78, 5) is 15.7. The van der Waals surface area contributed by atoms with Crippen LogP contribution < -0.4 is 5.32 Å². The van der Waals surface area contributed by atoms with Crippen LogP contribution in [-0.2, 0) is 11.8 Å². The van der Waals surface area contributed by atoms with Crippen LogP contribution in [0.3, 0.4) is 0 Å². The zero-order chi connectivity index (χ0) is 9.97. The number of rotatable bonds is 2. The summed E-state index contributed by atoms with van der Waals surface area (Å²) in [5.41, 5.74) is 0. The first-order valence-corrected chi connectivity index (χ1v) is 5.57. The predicted molar refractivity (Wildman–Crippen MR) is 55.1 cm³/mol. The highest BCUT2D eigenvalue weighted by Gasteiger charge is 2.24. The summed E-state index contributed by atoms with van der Waals surface area (Å²) in [6, 6.07) is 0. The fourth-order valence-corrected chi connectivity index (χ4v) is 2.53. The van der Waals surface area contributed by atoms with E-state index in [0.29, 0.717) is 0 Å². The third-order valence-corrected chi connectivity index (χ3v) is 3.60. The van der Waals surface area contributed by atoms with Gasteiger partial charge in [-0.05, 0) is 12.8 Å². The van der Waals surface area contributed by atoms with E-state index in [1.807, 2.05) is 17.8 Å². The topological polar surface area (TPSA) is 46.9 Å². The van der Waals surface area contributed by atoms with Crippen molar-refractivity contribution in [2.24, 2.45) is 7.05 Å². The second kappa shape index (κ2) is 4.04. The molecule has 2 rings (SSSR count). The fourth-order valence-electron chi connectivity index (χ4n) is 1.45. The van der Waals surface area contributed by atoms with Crippen LogP contribution in [0.2, 0.25) is 0 Å². The normalized spacial score (nSPS) is 22.1. The molecule has 1 atom stereocenters. The summed E-state index contributed by atoms with van der Waals surface area (Å²) in [6.07, 6.45) is 5.66. The highest BCUT2D eigenvalue weighted by Crippen LogP contribution is 2.25. The number of imidazole rings is 1. The van der Waals surface area contributed by atoms with E-state index in [4.69, 9.17) is 0 Å². The summed E-state index contributed by atoms with van der Waals surface area (Å²) >= 11 is 1.55. The molecule has 1 saturated heterocycles. The lowest BCUT2D eigenvalue weighted by Gasteiger charge is -2.20. The van der Waals surface area contributed by atoms with Crippen molar-refractivity contribution in [1.82, 2.24) is 14.9 Å². The maximum atomic E-state index is 11.5. The van der Waals surface area contributed by atoms with Gasteiger partial charge in [0, 0.05) is 26.0 Å². The second-order valence-corrected chi connectivity index (χ2v) is 4.53. The molecule has 1 aliphatic rings. The monoisotopic (exact) mass is 211 g/mol. The number of aromatic nitrogens is 2. The Morgan fingerprint density at radius 2 is 2.57 bits per heavy atom. The van der Waals surface area contributed by atoms with E-state index in [-0.39, 0.29) is 11.2 Å². The summed E-state index contributed by atoms with van der Waals surface area (Å²) in [6.45, 7) is 0.816. The molecule has 1 N–H and O–H groups in total. The summed E-state index contributed by atoms with van der Waals surface area (Å²) in [5.74, 6) is 0.143. The molecule has 2 heterocycles. The molecule has 1 amide bonds. The Hall–Kier alpha value is -0.970. The van der Waals surface area contributed by atoms with Crippen LogP contribution >= 0.6 is 11.8 Å². The van der Waals surface area contributed by atoms with E-state index in [9.17, 15) is 4.79 Å². The van der Waals surface area contributed by atoms with Gasteiger partial charge in [0.15, 0.2) is 5.16 Å². The Morgan fingerprint density at radius 3 is 3.21 bits per heavy atom. The maximum absolute atomic E-state index is 11.5. The number of nitrogens with zero attached hydrogens (tertiary/aromatic N) is 2. The largest absolute Gasteiger partial charge is 0.355 e. The van der Waals surface area contributed by atoms with Gasteiger partial charge in [-0.1, -0.05) is 11.8 Å². The lowest BCUT2D eigenvalue weighted by Crippen LogP contribution is -2.38. The number of aryl methyl sites for hydroxylation is 1. The van der Waals surface area contributed by atoms with Crippen molar-refractivity contribution in [3.8, 4) is 0 Å². The van der Waals surface area contributed by atoms with E-state index >= 15 is 0 Å². The van der Waals surface area contributed by atoms with Crippen LogP contribution in [0, 0.1) is 0 Å². The van der Waals surface area contributed by atoms with Crippen LogP contribution in [0.5, 0.6) is 0 Å². The van der Waals surface area contributed by atoms with Crippen molar-refractivity contribution in [3.63, 3.8) is 0 Å². The van der Waals surface area contributed by atoms with Crippen LogP contribution in [0.1, 0.15) is 12.8 Å². The molecule has 1 aromatic heterocycles. The first kappa shape index (κ1) is 9.58. The van der Waals surface area contributed by atoms with E-state index in [0.717, 1.165) is 24.5 Å². The molecule has 0 aliphatic carbocycles. The van der Waals surface area contributed by atoms with Crippen molar-refractivity contribution < 1.29 is 4.79 Å². The van der Waals surface area contributed by atoms with Crippen molar-refractivity contribution >= 4 is 17.7 Å². The van der Waals surface area contributed by atoms with E-state index in [1.54, 1.807) is 18.0 Å². The Kier molecular flexibility index (Phi) is 2.77. The molecule has 4 nitrogen and oxygen atoms in total. The van der Waals surface area contributed by atoms with Gasteiger partial charge in [0.1, 0.15) is 0 Å². The molecule has 0 bridgehead atoms. The Bertz CT molecular complexity index is 337. The van der Waals surface area contributed by atoms with Crippen LogP contribution in [0.25, 0.3) is 0 Å². The van der Waals surface area contributed by atoms with Crippen molar-refractivity contribution in [3.05, 3.63) is 12.4 Å². The molecule has 1 unspecified atom stereocenters. The third-order valence-electron chi connectivity index (χ3n) is 2.26. The number of hydrogen-bond acceptors (Lipinski definition) is 3. The first-order valence-electron chi connectivity index (χ1n) is 4.69. The van der Waals surface area contributed by atoms with E-state index < -0.39 is 0 Å². The standard InChI is InChI=1S/C9H13N3OS/c1-12-6-5-11-9(12)14-7-3-2-4-10-8(7)13/h5-7H,2-4H2,1H3,(H,10,13). The van der Waals surface area contributed by atoms with Gasteiger partial charge in [-0.25, -0.2) is 4.98 Å². The van der Waals surface area contributed by atoms with Crippen LogP contribution in [-0.4, -0.2) is 27.3 Å². The van der Waals surface area contributed by atoms with Gasteiger partial charge < -0.3 is 9.88 Å². The Labute approximate surface area is 87.1 Å². The number of carbonyl (C=O) groups excluding carboxylic acids is 1. The van der Waals surface area contributed by atoms with Gasteiger partial charge in [0.2, 0.25) is 5.91 Å². The molecule has 1 aromatic rings. The number of piperidine rings is 1. The molecular weight excluding hydrogens is 198 g/mol. The minimum Gasteiger partial charge on any atom is -0.355 e. The third kappa shape index (κ3) is 1.92. The molecule has 76 valence electrons. The van der Waals surface area contributed by atoms with Crippen LogP contribution in [0.15, 0.2) is 17.6 Å². The molecular formula is C9H13N3OS. The predicted octanol–water partition coefficient (Wildman–Crippen LogP) is 0.791. The number of thioether (sulfide) groups is 1.